The molecule has 0 aromatic carbocycles. The maximum Gasteiger partial charge on any atom is 0.251 e. The topological polar surface area (TPSA) is 99.8 Å². The van der Waals surface area contributed by atoms with E-state index in [1.807, 2.05) is 6.07 Å². The van der Waals surface area contributed by atoms with Gasteiger partial charge in [-0.2, -0.15) is 5.10 Å². The maximum absolute atomic E-state index is 11.0. The SMILES string of the molecule is CCC(N)Cc1cncc(-n2cc(C(N)=O)cn2)c1. The zero-order valence-electron chi connectivity index (χ0n) is 10.8. The monoisotopic (exact) mass is 259 g/mol. The Morgan fingerprint density at radius 1 is 1.42 bits per heavy atom. The molecule has 2 rings (SSSR count). The van der Waals surface area contributed by atoms with Crippen molar-refractivity contribution in [2.75, 3.05) is 0 Å². The number of hydrogen-bond acceptors (Lipinski definition) is 4. The average molecular weight is 259 g/mol. The van der Waals surface area contributed by atoms with Crippen LogP contribution in [0.5, 0.6) is 0 Å². The van der Waals surface area contributed by atoms with Gasteiger partial charge in [0.05, 0.1) is 23.6 Å². The zero-order valence-corrected chi connectivity index (χ0v) is 10.8. The van der Waals surface area contributed by atoms with Gasteiger partial charge < -0.3 is 11.5 Å². The van der Waals surface area contributed by atoms with Crippen LogP contribution in [0.25, 0.3) is 5.69 Å². The first-order valence-corrected chi connectivity index (χ1v) is 6.14. The van der Waals surface area contributed by atoms with Crippen LogP contribution in [-0.2, 0) is 6.42 Å². The minimum Gasteiger partial charge on any atom is -0.366 e. The molecule has 0 bridgehead atoms. The van der Waals surface area contributed by atoms with Crippen LogP contribution in [0.15, 0.2) is 30.9 Å². The third-order valence-electron chi connectivity index (χ3n) is 2.93. The molecule has 100 valence electrons. The van der Waals surface area contributed by atoms with Crippen LogP contribution in [0.3, 0.4) is 0 Å². The average Bonchev–Trinajstić information content (AvgIpc) is 2.88. The zero-order chi connectivity index (χ0) is 13.8. The van der Waals surface area contributed by atoms with E-state index in [9.17, 15) is 4.79 Å². The predicted molar refractivity (Wildman–Crippen MR) is 71.8 cm³/mol. The number of carbonyl (C=O) groups excluding carboxylic acids is 1. The van der Waals surface area contributed by atoms with Crippen LogP contribution < -0.4 is 11.5 Å². The Balaban J connectivity index is 2.24. The number of hydrogen-bond donors (Lipinski definition) is 2. The summed E-state index contributed by atoms with van der Waals surface area (Å²) in [6.07, 6.45) is 8.17. The molecule has 1 atom stereocenters. The number of pyridine rings is 1. The van der Waals surface area contributed by atoms with Crippen LogP contribution in [-0.4, -0.2) is 26.7 Å². The first-order chi connectivity index (χ1) is 9.10. The number of nitrogens with zero attached hydrogens (tertiary/aromatic N) is 3. The molecule has 0 fully saturated rings. The van der Waals surface area contributed by atoms with Gasteiger partial charge >= 0.3 is 0 Å². The van der Waals surface area contributed by atoms with E-state index in [2.05, 4.69) is 17.0 Å². The van der Waals surface area contributed by atoms with Gasteiger partial charge in [-0.05, 0) is 24.5 Å². The Morgan fingerprint density at radius 3 is 2.84 bits per heavy atom. The van der Waals surface area contributed by atoms with Crippen molar-refractivity contribution < 1.29 is 4.79 Å². The van der Waals surface area contributed by atoms with Gasteiger partial charge in [0.15, 0.2) is 0 Å². The molecule has 0 saturated heterocycles. The summed E-state index contributed by atoms with van der Waals surface area (Å²) in [6.45, 7) is 2.05. The summed E-state index contributed by atoms with van der Waals surface area (Å²) in [4.78, 5) is 15.2. The maximum atomic E-state index is 11.0. The van der Waals surface area contributed by atoms with Crippen molar-refractivity contribution in [1.82, 2.24) is 14.8 Å². The second-order valence-corrected chi connectivity index (χ2v) is 4.46. The van der Waals surface area contributed by atoms with Crippen LogP contribution in [0.4, 0.5) is 0 Å². The molecule has 0 radical (unpaired) electrons. The molecule has 0 aliphatic heterocycles. The molecule has 1 amide bonds. The fraction of sp³-hybridized carbons (Fsp3) is 0.308. The van der Waals surface area contributed by atoms with Crippen molar-refractivity contribution in [3.05, 3.63) is 42.0 Å². The molecule has 1 unspecified atom stereocenters. The van der Waals surface area contributed by atoms with Crippen molar-refractivity contribution in [2.45, 2.75) is 25.8 Å². The van der Waals surface area contributed by atoms with Gasteiger partial charge in [-0.3, -0.25) is 9.78 Å². The Labute approximate surface area is 111 Å². The van der Waals surface area contributed by atoms with E-state index >= 15 is 0 Å². The highest BCUT2D eigenvalue weighted by atomic mass is 16.1. The minimum absolute atomic E-state index is 0.121. The van der Waals surface area contributed by atoms with E-state index < -0.39 is 5.91 Å². The highest BCUT2D eigenvalue weighted by molar-refractivity contribution is 5.92. The molecular weight excluding hydrogens is 242 g/mol. The molecule has 19 heavy (non-hydrogen) atoms. The van der Waals surface area contributed by atoms with E-state index in [1.165, 1.54) is 6.20 Å². The minimum atomic E-state index is -0.497. The molecule has 2 aromatic heterocycles. The molecule has 6 nitrogen and oxygen atoms in total. The largest absolute Gasteiger partial charge is 0.366 e. The molecule has 0 saturated carbocycles. The van der Waals surface area contributed by atoms with Gasteiger partial charge in [-0.1, -0.05) is 6.92 Å². The lowest BCUT2D eigenvalue weighted by molar-refractivity contribution is 0.100. The van der Waals surface area contributed by atoms with Crippen molar-refractivity contribution in [2.24, 2.45) is 11.5 Å². The van der Waals surface area contributed by atoms with Crippen molar-refractivity contribution in [3.63, 3.8) is 0 Å². The lowest BCUT2D eigenvalue weighted by Crippen LogP contribution is -2.21. The molecule has 2 heterocycles. The van der Waals surface area contributed by atoms with E-state index in [0.717, 1.165) is 24.1 Å². The van der Waals surface area contributed by atoms with E-state index in [0.29, 0.717) is 5.56 Å². The van der Waals surface area contributed by atoms with Crippen molar-refractivity contribution in [1.29, 1.82) is 0 Å². The number of primary amides is 1. The van der Waals surface area contributed by atoms with Crippen LogP contribution in [0.1, 0.15) is 29.3 Å². The van der Waals surface area contributed by atoms with Gasteiger partial charge in [0.25, 0.3) is 5.91 Å². The quantitative estimate of drug-likeness (QED) is 0.823. The second kappa shape index (κ2) is 5.62. The summed E-state index contributed by atoms with van der Waals surface area (Å²) in [5, 5.41) is 4.09. The van der Waals surface area contributed by atoms with Gasteiger partial charge in [0.2, 0.25) is 0 Å². The smallest absolute Gasteiger partial charge is 0.251 e. The van der Waals surface area contributed by atoms with Crippen LogP contribution >= 0.6 is 0 Å². The molecular formula is C13H17N5O. The standard InChI is InChI=1S/C13H17N5O/c1-2-11(14)3-9-4-12(7-16-5-9)18-8-10(6-17-18)13(15)19/h4-8,11H,2-3,14H2,1H3,(H2,15,19). The van der Waals surface area contributed by atoms with E-state index in [-0.39, 0.29) is 6.04 Å². The number of carbonyl (C=O) groups is 1. The molecule has 4 N–H and O–H groups in total. The van der Waals surface area contributed by atoms with Crippen molar-refractivity contribution in [3.8, 4) is 5.69 Å². The van der Waals surface area contributed by atoms with Gasteiger partial charge in [0.1, 0.15) is 0 Å². The van der Waals surface area contributed by atoms with E-state index in [4.69, 9.17) is 11.5 Å². The second-order valence-electron chi connectivity index (χ2n) is 4.46. The molecule has 0 aliphatic carbocycles. The molecule has 2 aromatic rings. The summed E-state index contributed by atoms with van der Waals surface area (Å²) in [5.41, 5.74) is 13.3. The molecule has 0 spiro atoms. The highest BCUT2D eigenvalue weighted by Crippen LogP contribution is 2.11. The summed E-state index contributed by atoms with van der Waals surface area (Å²) < 4.78 is 1.58. The lowest BCUT2D eigenvalue weighted by atomic mass is 10.1. The predicted octanol–water partition coefficient (Wildman–Crippen LogP) is 0.646. The van der Waals surface area contributed by atoms with Gasteiger partial charge in [-0.15, -0.1) is 0 Å². The summed E-state index contributed by atoms with van der Waals surface area (Å²) in [5.74, 6) is -0.497. The highest BCUT2D eigenvalue weighted by Gasteiger charge is 2.07. The van der Waals surface area contributed by atoms with Crippen LogP contribution in [0, 0.1) is 0 Å². The number of nitrogens with two attached hydrogens (primary N) is 2. The summed E-state index contributed by atoms with van der Waals surface area (Å²) in [6, 6.07) is 2.08. The third-order valence-corrected chi connectivity index (χ3v) is 2.93. The Bertz CT molecular complexity index is 578. The number of amides is 1. The first-order valence-electron chi connectivity index (χ1n) is 6.14. The first kappa shape index (κ1) is 13.2. The Kier molecular flexibility index (Phi) is 3.91. The molecule has 0 aliphatic rings. The van der Waals surface area contributed by atoms with E-state index in [1.54, 1.807) is 23.3 Å². The normalized spacial score (nSPS) is 12.3. The molecule has 6 heteroatoms. The van der Waals surface area contributed by atoms with Crippen LogP contribution in [0.2, 0.25) is 0 Å². The fourth-order valence-corrected chi connectivity index (χ4v) is 1.75. The van der Waals surface area contributed by atoms with Gasteiger partial charge in [-0.25, -0.2) is 4.68 Å². The number of rotatable bonds is 5. The van der Waals surface area contributed by atoms with Gasteiger partial charge in [0, 0.05) is 18.4 Å². The Morgan fingerprint density at radius 2 is 2.21 bits per heavy atom. The van der Waals surface area contributed by atoms with Crippen molar-refractivity contribution >= 4 is 5.91 Å². The summed E-state index contributed by atoms with van der Waals surface area (Å²) in [7, 11) is 0. The fourth-order valence-electron chi connectivity index (χ4n) is 1.75. The summed E-state index contributed by atoms with van der Waals surface area (Å²) >= 11 is 0. The number of aromatic nitrogens is 3. The Hall–Kier alpha value is -2.21. The lowest BCUT2D eigenvalue weighted by Gasteiger charge is -2.09. The third kappa shape index (κ3) is 3.17.